The normalized spacial score (nSPS) is 10.7. The highest BCUT2D eigenvalue weighted by molar-refractivity contribution is 5.89. The van der Waals surface area contributed by atoms with Gasteiger partial charge in [-0.2, -0.15) is 15.1 Å². The predicted octanol–water partition coefficient (Wildman–Crippen LogP) is 2.54. The second kappa shape index (κ2) is 5.16. The summed E-state index contributed by atoms with van der Waals surface area (Å²) in [5.74, 6) is 1.35. The van der Waals surface area contributed by atoms with Gasteiger partial charge in [0.1, 0.15) is 5.82 Å². The van der Waals surface area contributed by atoms with Crippen LogP contribution in [0, 0.1) is 0 Å². The van der Waals surface area contributed by atoms with Crippen LogP contribution < -0.4 is 10.6 Å². The highest BCUT2D eigenvalue weighted by atomic mass is 15.3. The predicted molar refractivity (Wildman–Crippen MR) is 80.2 cm³/mol. The summed E-state index contributed by atoms with van der Waals surface area (Å²) in [5, 5.41) is 11.6. The minimum Gasteiger partial charge on any atom is -0.354 e. The summed E-state index contributed by atoms with van der Waals surface area (Å²) < 4.78 is 1.74. The van der Waals surface area contributed by atoms with E-state index < -0.39 is 0 Å². The zero-order chi connectivity index (χ0) is 13.9. The number of fused-ring (bicyclic) bond motifs is 1. The van der Waals surface area contributed by atoms with Gasteiger partial charge in [0.05, 0.1) is 11.6 Å². The van der Waals surface area contributed by atoms with Crippen molar-refractivity contribution in [1.29, 1.82) is 0 Å². The lowest BCUT2D eigenvalue weighted by Crippen LogP contribution is -2.06. The molecule has 102 valence electrons. The molecule has 0 bridgehead atoms. The SMILES string of the molecule is CCNc1nc(Nc2ccccc2)c2cnn(C)c2n1. The van der Waals surface area contributed by atoms with Gasteiger partial charge in [-0.3, -0.25) is 4.68 Å². The molecule has 3 rings (SSSR count). The number of aromatic nitrogens is 4. The van der Waals surface area contributed by atoms with Gasteiger partial charge in [0.15, 0.2) is 5.65 Å². The Balaban J connectivity index is 2.08. The highest BCUT2D eigenvalue weighted by Crippen LogP contribution is 2.24. The van der Waals surface area contributed by atoms with Crippen molar-refractivity contribution in [2.45, 2.75) is 6.92 Å². The van der Waals surface area contributed by atoms with Crippen LogP contribution in [0.15, 0.2) is 36.5 Å². The van der Waals surface area contributed by atoms with E-state index in [1.165, 1.54) is 0 Å². The van der Waals surface area contributed by atoms with Gasteiger partial charge < -0.3 is 10.6 Å². The van der Waals surface area contributed by atoms with E-state index in [4.69, 9.17) is 0 Å². The molecule has 0 aliphatic rings. The second-order valence-corrected chi connectivity index (χ2v) is 4.42. The Bertz CT molecular complexity index is 719. The number of anilines is 3. The molecule has 2 heterocycles. The number of nitrogens with zero attached hydrogens (tertiary/aromatic N) is 4. The average molecular weight is 268 g/mol. The number of rotatable bonds is 4. The minimum absolute atomic E-state index is 0.599. The van der Waals surface area contributed by atoms with Gasteiger partial charge >= 0.3 is 0 Å². The molecule has 0 spiro atoms. The van der Waals surface area contributed by atoms with Gasteiger partial charge in [-0.25, -0.2) is 0 Å². The fourth-order valence-corrected chi connectivity index (χ4v) is 2.01. The van der Waals surface area contributed by atoms with Crippen LogP contribution in [-0.2, 0) is 7.05 Å². The Kier molecular flexibility index (Phi) is 3.20. The van der Waals surface area contributed by atoms with Crippen LogP contribution in [0.25, 0.3) is 11.0 Å². The molecule has 0 radical (unpaired) electrons. The largest absolute Gasteiger partial charge is 0.354 e. The van der Waals surface area contributed by atoms with Gasteiger partial charge in [-0.15, -0.1) is 0 Å². The van der Waals surface area contributed by atoms with Crippen molar-refractivity contribution in [3.8, 4) is 0 Å². The van der Waals surface area contributed by atoms with Gasteiger partial charge in [0, 0.05) is 19.3 Å². The number of para-hydroxylation sites is 1. The topological polar surface area (TPSA) is 67.7 Å². The van der Waals surface area contributed by atoms with E-state index in [1.54, 1.807) is 10.9 Å². The number of hydrogen-bond acceptors (Lipinski definition) is 5. The van der Waals surface area contributed by atoms with E-state index in [0.29, 0.717) is 5.95 Å². The molecular formula is C14H16N6. The molecule has 0 atom stereocenters. The molecule has 0 aliphatic carbocycles. The zero-order valence-corrected chi connectivity index (χ0v) is 11.5. The second-order valence-electron chi connectivity index (χ2n) is 4.42. The van der Waals surface area contributed by atoms with Crippen molar-refractivity contribution >= 4 is 28.5 Å². The van der Waals surface area contributed by atoms with Crippen molar-refractivity contribution in [3.05, 3.63) is 36.5 Å². The summed E-state index contributed by atoms with van der Waals surface area (Å²) in [7, 11) is 1.87. The standard InChI is InChI=1S/C14H16N6/c1-3-15-14-18-12(17-10-7-5-4-6-8-10)11-9-16-20(2)13(11)19-14/h4-9H,3H2,1-2H3,(H2,15,17,18,19). The van der Waals surface area contributed by atoms with Crippen molar-refractivity contribution in [3.63, 3.8) is 0 Å². The van der Waals surface area contributed by atoms with Crippen molar-refractivity contribution in [1.82, 2.24) is 19.7 Å². The summed E-state index contributed by atoms with van der Waals surface area (Å²) in [6.45, 7) is 2.79. The van der Waals surface area contributed by atoms with Gasteiger partial charge in [0.25, 0.3) is 0 Å². The van der Waals surface area contributed by atoms with E-state index in [-0.39, 0.29) is 0 Å². The smallest absolute Gasteiger partial charge is 0.226 e. The lowest BCUT2D eigenvalue weighted by atomic mass is 10.3. The Morgan fingerprint density at radius 2 is 1.95 bits per heavy atom. The van der Waals surface area contributed by atoms with Crippen LogP contribution in [0.3, 0.4) is 0 Å². The lowest BCUT2D eigenvalue weighted by molar-refractivity contribution is 0.785. The first kappa shape index (κ1) is 12.4. The highest BCUT2D eigenvalue weighted by Gasteiger charge is 2.11. The monoisotopic (exact) mass is 268 g/mol. The van der Waals surface area contributed by atoms with E-state index in [0.717, 1.165) is 29.1 Å². The zero-order valence-electron chi connectivity index (χ0n) is 11.5. The molecule has 0 aliphatic heterocycles. The summed E-state index contributed by atoms with van der Waals surface area (Å²) in [4.78, 5) is 8.98. The van der Waals surface area contributed by atoms with Crippen LogP contribution in [-0.4, -0.2) is 26.3 Å². The number of benzene rings is 1. The first-order valence-electron chi connectivity index (χ1n) is 6.53. The third kappa shape index (κ3) is 2.27. The summed E-state index contributed by atoms with van der Waals surface area (Å²) in [6, 6.07) is 9.94. The van der Waals surface area contributed by atoms with E-state index in [9.17, 15) is 0 Å². The molecular weight excluding hydrogens is 252 g/mol. The summed E-state index contributed by atoms with van der Waals surface area (Å²) >= 11 is 0. The molecule has 0 saturated heterocycles. The first-order valence-corrected chi connectivity index (χ1v) is 6.53. The van der Waals surface area contributed by atoms with Gasteiger partial charge in [-0.05, 0) is 19.1 Å². The van der Waals surface area contributed by atoms with Crippen LogP contribution in [0.4, 0.5) is 17.5 Å². The number of aryl methyl sites for hydroxylation is 1. The molecule has 3 aromatic rings. The summed E-state index contributed by atoms with van der Waals surface area (Å²) in [6.07, 6.45) is 1.77. The van der Waals surface area contributed by atoms with Gasteiger partial charge in [-0.1, -0.05) is 18.2 Å². The van der Waals surface area contributed by atoms with Crippen molar-refractivity contribution < 1.29 is 0 Å². The third-order valence-electron chi connectivity index (χ3n) is 2.96. The molecule has 0 unspecified atom stereocenters. The third-order valence-corrected chi connectivity index (χ3v) is 2.96. The van der Waals surface area contributed by atoms with E-state index in [1.807, 2.05) is 44.3 Å². The first-order chi connectivity index (χ1) is 9.78. The Labute approximate surface area is 116 Å². The quantitative estimate of drug-likeness (QED) is 0.761. The molecule has 1 aromatic carbocycles. The Hall–Kier alpha value is -2.63. The minimum atomic E-state index is 0.599. The number of nitrogens with one attached hydrogen (secondary N) is 2. The van der Waals surface area contributed by atoms with Crippen molar-refractivity contribution in [2.24, 2.45) is 7.05 Å². The Morgan fingerprint density at radius 3 is 2.70 bits per heavy atom. The maximum Gasteiger partial charge on any atom is 0.226 e. The maximum atomic E-state index is 4.51. The van der Waals surface area contributed by atoms with Crippen LogP contribution in [0.1, 0.15) is 6.92 Å². The van der Waals surface area contributed by atoms with E-state index in [2.05, 4.69) is 25.7 Å². The molecule has 0 fully saturated rings. The maximum absolute atomic E-state index is 4.51. The molecule has 6 heteroatoms. The fraction of sp³-hybridized carbons (Fsp3) is 0.214. The summed E-state index contributed by atoms with van der Waals surface area (Å²) in [5.41, 5.74) is 1.79. The Morgan fingerprint density at radius 1 is 1.15 bits per heavy atom. The molecule has 2 N–H and O–H groups in total. The molecule has 0 saturated carbocycles. The van der Waals surface area contributed by atoms with Crippen LogP contribution >= 0.6 is 0 Å². The molecule has 6 nitrogen and oxygen atoms in total. The van der Waals surface area contributed by atoms with Crippen LogP contribution in [0.5, 0.6) is 0 Å². The fourth-order valence-electron chi connectivity index (χ4n) is 2.01. The van der Waals surface area contributed by atoms with Crippen LogP contribution in [0.2, 0.25) is 0 Å². The van der Waals surface area contributed by atoms with Crippen molar-refractivity contribution in [2.75, 3.05) is 17.2 Å². The average Bonchev–Trinajstić information content (AvgIpc) is 2.83. The van der Waals surface area contributed by atoms with E-state index >= 15 is 0 Å². The molecule has 0 amide bonds. The molecule has 20 heavy (non-hydrogen) atoms. The molecule has 2 aromatic heterocycles. The van der Waals surface area contributed by atoms with Gasteiger partial charge in [0.2, 0.25) is 5.95 Å². The lowest BCUT2D eigenvalue weighted by Gasteiger charge is -2.09. The number of hydrogen-bond donors (Lipinski definition) is 2.